The fourth-order valence-corrected chi connectivity index (χ4v) is 2.70. The second-order valence-electron chi connectivity index (χ2n) is 5.67. The highest BCUT2D eigenvalue weighted by molar-refractivity contribution is 6.21. The molecule has 5 nitrogen and oxygen atoms in total. The van der Waals surface area contributed by atoms with Gasteiger partial charge in [-0.05, 0) is 42.3 Å². The lowest BCUT2D eigenvalue weighted by atomic mass is 10.1. The van der Waals surface area contributed by atoms with Gasteiger partial charge >= 0.3 is 0 Å². The molecule has 0 radical (unpaired) electrons. The Bertz CT molecular complexity index is 998. The highest BCUT2D eigenvalue weighted by Gasteiger charge is 2.25. The summed E-state index contributed by atoms with van der Waals surface area (Å²) in [6.45, 7) is 1.96. The molecule has 4 rings (SSSR count). The minimum absolute atomic E-state index is 0.300. The molecule has 0 saturated heterocycles. The number of carbonyl (C=O) groups is 3. The van der Waals surface area contributed by atoms with E-state index in [4.69, 9.17) is 0 Å². The number of nitrogens with zero attached hydrogens (tertiary/aromatic N) is 1. The van der Waals surface area contributed by atoms with Crippen LogP contribution in [0.3, 0.4) is 0 Å². The standard InChI is InChI=1S/C12H10FNO.C8H5NO2/c1-2-8-5-9-3-4-10(13)6-11(9)14-12(8)7-15;10-7-5-3-1-2-4-6(5)8(11)9-7/h3-7H,2H2,1H3;1-4H,(H,9,10,11). The normalized spacial score (nSPS) is 12.2. The van der Waals surface area contributed by atoms with Crippen molar-refractivity contribution in [3.8, 4) is 0 Å². The lowest BCUT2D eigenvalue weighted by Gasteiger charge is -2.03. The average molecular weight is 350 g/mol. The number of fused-ring (bicyclic) bond motifs is 2. The minimum Gasteiger partial charge on any atom is -0.296 e. The number of amides is 2. The van der Waals surface area contributed by atoms with Gasteiger partial charge in [-0.25, -0.2) is 9.37 Å². The van der Waals surface area contributed by atoms with Crippen LogP contribution in [0.25, 0.3) is 10.9 Å². The summed E-state index contributed by atoms with van der Waals surface area (Å²) in [5.41, 5.74) is 2.75. The summed E-state index contributed by atoms with van der Waals surface area (Å²) < 4.78 is 12.9. The zero-order chi connectivity index (χ0) is 18.7. The molecule has 1 aliphatic heterocycles. The Balaban J connectivity index is 0.000000158. The van der Waals surface area contributed by atoms with Crippen LogP contribution in [0.2, 0.25) is 0 Å². The lowest BCUT2D eigenvalue weighted by Crippen LogP contribution is -2.19. The number of nitrogens with one attached hydrogen (secondary N) is 1. The SMILES string of the molecule is CCc1cc2ccc(F)cc2nc1C=O.O=C1NC(=O)c2ccccc21. The van der Waals surface area contributed by atoms with E-state index in [9.17, 15) is 18.8 Å². The number of aldehydes is 1. The molecule has 0 spiro atoms. The number of aromatic nitrogens is 1. The van der Waals surface area contributed by atoms with Crippen LogP contribution in [0.4, 0.5) is 4.39 Å². The zero-order valence-electron chi connectivity index (χ0n) is 14.0. The van der Waals surface area contributed by atoms with Crippen LogP contribution in [-0.2, 0) is 6.42 Å². The molecule has 0 fully saturated rings. The van der Waals surface area contributed by atoms with Gasteiger partial charge in [-0.1, -0.05) is 19.1 Å². The predicted molar refractivity (Wildman–Crippen MR) is 94.7 cm³/mol. The van der Waals surface area contributed by atoms with Gasteiger partial charge in [0.05, 0.1) is 16.6 Å². The molecule has 0 saturated carbocycles. The third-order valence-corrected chi connectivity index (χ3v) is 4.03. The van der Waals surface area contributed by atoms with Crippen molar-refractivity contribution in [2.24, 2.45) is 0 Å². The van der Waals surface area contributed by atoms with Gasteiger partial charge in [0.15, 0.2) is 6.29 Å². The lowest BCUT2D eigenvalue weighted by molar-refractivity contribution is 0.0879. The molecule has 26 heavy (non-hydrogen) atoms. The summed E-state index contributed by atoms with van der Waals surface area (Å²) >= 11 is 0. The van der Waals surface area contributed by atoms with Crippen LogP contribution in [0, 0.1) is 5.82 Å². The van der Waals surface area contributed by atoms with Crippen molar-refractivity contribution in [3.63, 3.8) is 0 Å². The van der Waals surface area contributed by atoms with E-state index in [0.717, 1.165) is 17.4 Å². The summed E-state index contributed by atoms with van der Waals surface area (Å²) in [7, 11) is 0. The van der Waals surface area contributed by atoms with E-state index in [0.29, 0.717) is 28.6 Å². The van der Waals surface area contributed by atoms with Crippen LogP contribution in [-0.4, -0.2) is 23.1 Å². The van der Waals surface area contributed by atoms with Crippen molar-refractivity contribution < 1.29 is 18.8 Å². The van der Waals surface area contributed by atoms with E-state index in [-0.39, 0.29) is 17.6 Å². The van der Waals surface area contributed by atoms with Crippen molar-refractivity contribution >= 4 is 29.0 Å². The first-order chi connectivity index (χ1) is 12.5. The Kier molecular flexibility index (Phi) is 4.84. The summed E-state index contributed by atoms with van der Waals surface area (Å²) in [6, 6.07) is 13.0. The first-order valence-electron chi connectivity index (χ1n) is 8.02. The molecular weight excluding hydrogens is 335 g/mol. The molecule has 2 amide bonds. The van der Waals surface area contributed by atoms with Gasteiger partial charge in [0.2, 0.25) is 0 Å². The van der Waals surface area contributed by atoms with Crippen LogP contribution in [0.1, 0.15) is 43.7 Å². The van der Waals surface area contributed by atoms with E-state index in [2.05, 4.69) is 10.3 Å². The second-order valence-corrected chi connectivity index (χ2v) is 5.67. The van der Waals surface area contributed by atoms with Gasteiger partial charge < -0.3 is 0 Å². The average Bonchev–Trinajstić information content (AvgIpc) is 2.95. The fraction of sp³-hybridized carbons (Fsp3) is 0.100. The second kappa shape index (κ2) is 7.23. The highest BCUT2D eigenvalue weighted by atomic mass is 19.1. The summed E-state index contributed by atoms with van der Waals surface area (Å²) in [4.78, 5) is 36.8. The van der Waals surface area contributed by atoms with E-state index < -0.39 is 0 Å². The van der Waals surface area contributed by atoms with Crippen molar-refractivity contribution in [2.45, 2.75) is 13.3 Å². The van der Waals surface area contributed by atoms with Crippen LogP contribution in [0.15, 0.2) is 48.5 Å². The molecule has 3 aromatic rings. The maximum absolute atomic E-state index is 12.9. The van der Waals surface area contributed by atoms with Crippen molar-refractivity contribution in [2.75, 3.05) is 0 Å². The molecule has 1 N–H and O–H groups in total. The number of hydrogen-bond acceptors (Lipinski definition) is 4. The molecule has 0 atom stereocenters. The van der Waals surface area contributed by atoms with Gasteiger partial charge in [0.25, 0.3) is 11.8 Å². The molecule has 0 aliphatic carbocycles. The maximum atomic E-state index is 12.9. The van der Waals surface area contributed by atoms with Crippen LogP contribution >= 0.6 is 0 Å². The Hall–Kier alpha value is -3.41. The van der Waals surface area contributed by atoms with E-state index in [1.54, 1.807) is 30.3 Å². The number of rotatable bonds is 2. The fourth-order valence-electron chi connectivity index (χ4n) is 2.70. The van der Waals surface area contributed by atoms with Crippen LogP contribution < -0.4 is 5.32 Å². The van der Waals surface area contributed by atoms with Gasteiger partial charge in [0.1, 0.15) is 11.5 Å². The molecular formula is C20H15FN2O3. The summed E-state index contributed by atoms with van der Waals surface area (Å²) in [5, 5.41) is 3.06. The Labute approximate surface area is 148 Å². The van der Waals surface area contributed by atoms with Crippen molar-refractivity contribution in [1.82, 2.24) is 10.3 Å². The molecule has 130 valence electrons. The Morgan fingerprint density at radius 2 is 1.69 bits per heavy atom. The smallest absolute Gasteiger partial charge is 0.258 e. The maximum Gasteiger partial charge on any atom is 0.258 e. The highest BCUT2D eigenvalue weighted by Crippen LogP contribution is 2.17. The van der Waals surface area contributed by atoms with Gasteiger partial charge in [-0.2, -0.15) is 0 Å². The third-order valence-electron chi connectivity index (χ3n) is 4.03. The third kappa shape index (κ3) is 3.35. The van der Waals surface area contributed by atoms with Crippen molar-refractivity contribution in [3.05, 3.63) is 76.7 Å². The van der Waals surface area contributed by atoms with E-state index >= 15 is 0 Å². The summed E-state index contributed by atoms with van der Waals surface area (Å²) in [6.07, 6.45) is 1.46. The molecule has 0 unspecified atom stereocenters. The monoisotopic (exact) mass is 350 g/mol. The molecule has 2 heterocycles. The molecule has 1 aromatic heterocycles. The summed E-state index contributed by atoms with van der Waals surface area (Å²) in [5.74, 6) is -0.938. The largest absolute Gasteiger partial charge is 0.296 e. The number of aryl methyl sites for hydroxylation is 1. The van der Waals surface area contributed by atoms with Crippen LogP contribution in [0.5, 0.6) is 0 Å². The number of carbonyl (C=O) groups excluding carboxylic acids is 3. The number of pyridine rings is 1. The number of benzene rings is 2. The van der Waals surface area contributed by atoms with E-state index in [1.165, 1.54) is 12.1 Å². The Morgan fingerprint density at radius 1 is 1.04 bits per heavy atom. The van der Waals surface area contributed by atoms with Gasteiger partial charge in [-0.3, -0.25) is 19.7 Å². The molecule has 2 aromatic carbocycles. The Morgan fingerprint density at radius 3 is 2.27 bits per heavy atom. The topological polar surface area (TPSA) is 76.1 Å². The number of imide groups is 1. The molecule has 6 heteroatoms. The first-order valence-corrected chi connectivity index (χ1v) is 8.02. The van der Waals surface area contributed by atoms with Gasteiger partial charge in [0, 0.05) is 11.5 Å². The minimum atomic E-state index is -0.337. The predicted octanol–water partition coefficient (Wildman–Crippen LogP) is 3.32. The number of hydrogen-bond donors (Lipinski definition) is 1. The first kappa shape index (κ1) is 17.4. The quantitative estimate of drug-likeness (QED) is 0.568. The zero-order valence-corrected chi connectivity index (χ0v) is 14.0. The molecule has 0 bridgehead atoms. The van der Waals surface area contributed by atoms with Crippen molar-refractivity contribution in [1.29, 1.82) is 0 Å². The molecule has 1 aliphatic rings. The number of halogens is 1. The van der Waals surface area contributed by atoms with E-state index in [1.807, 2.05) is 13.0 Å². The van der Waals surface area contributed by atoms with Gasteiger partial charge in [-0.15, -0.1) is 0 Å².